The summed E-state index contributed by atoms with van der Waals surface area (Å²) in [6.45, 7) is 2.72. The van der Waals surface area contributed by atoms with Crippen molar-refractivity contribution in [1.29, 1.82) is 0 Å². The minimum Gasteiger partial charge on any atom is -0.507 e. The van der Waals surface area contributed by atoms with Crippen molar-refractivity contribution in [2.24, 2.45) is 34.5 Å². The van der Waals surface area contributed by atoms with Gasteiger partial charge in [0.25, 0.3) is 0 Å². The summed E-state index contributed by atoms with van der Waals surface area (Å²) in [7, 11) is 0. The molecule has 2 spiro atoms. The Bertz CT molecular complexity index is 1780. The Morgan fingerprint density at radius 3 is 1.24 bits per heavy atom. The van der Waals surface area contributed by atoms with Crippen molar-refractivity contribution in [1.82, 2.24) is 0 Å². The van der Waals surface area contributed by atoms with E-state index in [0.717, 1.165) is 12.1 Å². The lowest BCUT2D eigenvalue weighted by atomic mass is 9.46. The molecule has 0 saturated heterocycles. The third-order valence-electron chi connectivity index (χ3n) is 10.8. The molecule has 4 fully saturated rings. The van der Waals surface area contributed by atoms with Crippen LogP contribution >= 0.6 is 0 Å². The Kier molecular flexibility index (Phi) is 4.09. The smallest absolute Gasteiger partial charge is 0.179 e. The summed E-state index contributed by atoms with van der Waals surface area (Å²) in [6, 6.07) is 2.13. The van der Waals surface area contributed by atoms with Gasteiger partial charge >= 0.3 is 0 Å². The summed E-state index contributed by atoms with van der Waals surface area (Å²) in [4.78, 5) is 58.1. The lowest BCUT2D eigenvalue weighted by Gasteiger charge is -2.53. The van der Waals surface area contributed by atoms with Gasteiger partial charge in [-0.05, 0) is 37.1 Å². The fraction of sp³-hybridized carbons (Fsp3) is 0.333. The maximum absolute atomic E-state index is 14.6. The van der Waals surface area contributed by atoms with Crippen molar-refractivity contribution < 1.29 is 60.0 Å². The highest BCUT2D eigenvalue weighted by Gasteiger charge is 2.90. The van der Waals surface area contributed by atoms with Crippen LogP contribution in [0.3, 0.4) is 0 Å². The molecule has 0 aromatic heterocycles. The Morgan fingerprint density at radius 1 is 0.571 bits per heavy atom. The van der Waals surface area contributed by atoms with Crippen molar-refractivity contribution in [3.8, 4) is 23.0 Å². The number of hydrogen-bond acceptors (Lipinski definition) is 12. The van der Waals surface area contributed by atoms with Crippen LogP contribution in [0.1, 0.15) is 43.0 Å². The Morgan fingerprint density at radius 2 is 0.905 bits per heavy atom. The quantitative estimate of drug-likeness (QED) is 0.207. The number of Topliss-reactive ketones (excluding diaryl/α,β-unsaturated/α-hetero) is 4. The second-order valence-corrected chi connectivity index (χ2v) is 12.2. The molecule has 214 valence electrons. The molecule has 4 saturated carbocycles. The standard InChI is InChI=1S/C30H22O12/c1-5-3-7(31)9-11(19(5)33)27(41)29-13-14-24(38)17(29)26(40)16-22(36)10-8(32)4-6(2)20(34)12(10)28(42)30(14,16)18(23(13)37)25(39)15(29)21(9)35/h3-4,13-14,17-18,23-24,31-38H,1-2H3/t13-,14-,17+,18+,23-,24+,29+,30+/m1/s1. The number of rotatable bonds is 0. The van der Waals surface area contributed by atoms with E-state index in [1.807, 2.05) is 0 Å². The summed E-state index contributed by atoms with van der Waals surface area (Å²) in [6.07, 6.45) is -3.71. The van der Waals surface area contributed by atoms with Crippen LogP contribution < -0.4 is 0 Å². The molecule has 0 amide bonds. The Labute approximate surface area is 235 Å². The lowest BCUT2D eigenvalue weighted by molar-refractivity contribution is -0.142. The van der Waals surface area contributed by atoms with E-state index in [-0.39, 0.29) is 11.1 Å². The summed E-state index contributed by atoms with van der Waals surface area (Å²) < 4.78 is 0. The first kappa shape index (κ1) is 25.1. The maximum atomic E-state index is 14.6. The van der Waals surface area contributed by atoms with Gasteiger partial charge in [-0.15, -0.1) is 0 Å². The van der Waals surface area contributed by atoms with Gasteiger partial charge < -0.3 is 40.9 Å². The van der Waals surface area contributed by atoms with Gasteiger partial charge in [0.15, 0.2) is 23.1 Å². The predicted molar refractivity (Wildman–Crippen MR) is 138 cm³/mol. The highest BCUT2D eigenvalue weighted by molar-refractivity contribution is 6.31. The second-order valence-electron chi connectivity index (χ2n) is 12.2. The number of ketones is 4. The summed E-state index contributed by atoms with van der Waals surface area (Å²) >= 11 is 0. The minimum atomic E-state index is -2.48. The van der Waals surface area contributed by atoms with Crippen LogP contribution in [0.5, 0.6) is 23.0 Å². The van der Waals surface area contributed by atoms with E-state index in [4.69, 9.17) is 0 Å². The van der Waals surface area contributed by atoms with Crippen molar-refractivity contribution in [3.63, 3.8) is 0 Å². The molecule has 8 N–H and O–H groups in total. The normalized spacial score (nSPS) is 36.9. The molecule has 0 unspecified atom stereocenters. The van der Waals surface area contributed by atoms with Gasteiger partial charge in [0.2, 0.25) is 0 Å². The molecule has 0 heterocycles. The van der Waals surface area contributed by atoms with E-state index in [9.17, 15) is 60.0 Å². The summed E-state index contributed by atoms with van der Waals surface area (Å²) in [5, 5.41) is 89.8. The topological polar surface area (TPSA) is 230 Å². The number of aliphatic hydroxyl groups is 4. The molecule has 6 aliphatic carbocycles. The zero-order chi connectivity index (χ0) is 30.3. The maximum Gasteiger partial charge on any atom is 0.179 e. The first-order chi connectivity index (χ1) is 19.7. The first-order valence-corrected chi connectivity index (χ1v) is 13.2. The SMILES string of the molecule is Cc1cc(O)c2c(c1O)C(=O)[C@]13C(=C2O)C(=O)[C@@H]2[C@@H](O)[C@H]1[C@@H]1[C@@H](O)[C@H]3C(=O)C3=C(O)c4c(O)cc(C)c(O)c4C(=O)[C@]312. The molecule has 0 radical (unpaired) electrons. The van der Waals surface area contributed by atoms with Crippen LogP contribution in [0, 0.1) is 48.3 Å². The number of hydrogen-bond donors (Lipinski definition) is 8. The van der Waals surface area contributed by atoms with Crippen LogP contribution in [0.15, 0.2) is 23.3 Å². The van der Waals surface area contributed by atoms with Crippen molar-refractivity contribution >= 4 is 34.7 Å². The average molecular weight is 574 g/mol. The lowest BCUT2D eigenvalue weighted by Crippen LogP contribution is -2.65. The van der Waals surface area contributed by atoms with E-state index in [2.05, 4.69) is 0 Å². The van der Waals surface area contributed by atoms with Gasteiger partial charge in [0.1, 0.15) is 34.5 Å². The van der Waals surface area contributed by atoms with Crippen LogP contribution in [0.2, 0.25) is 0 Å². The molecule has 12 heteroatoms. The Balaban J connectivity index is 1.56. The summed E-state index contributed by atoms with van der Waals surface area (Å²) in [5.74, 6) is -15.9. The number of aromatic hydroxyl groups is 4. The van der Waals surface area contributed by atoms with E-state index < -0.39 is 138 Å². The Hall–Kier alpha value is -4.68. The number of benzene rings is 2. The molecule has 6 aliphatic rings. The molecule has 8 rings (SSSR count). The van der Waals surface area contributed by atoms with Crippen molar-refractivity contribution in [3.05, 3.63) is 56.7 Å². The van der Waals surface area contributed by atoms with Gasteiger partial charge in [0, 0.05) is 11.8 Å². The van der Waals surface area contributed by atoms with Gasteiger partial charge in [-0.25, -0.2) is 0 Å². The van der Waals surface area contributed by atoms with Gasteiger partial charge in [0.05, 0.1) is 68.3 Å². The largest absolute Gasteiger partial charge is 0.507 e. The number of phenols is 4. The molecule has 2 aromatic rings. The highest BCUT2D eigenvalue weighted by Crippen LogP contribution is 2.80. The number of carbonyl (C=O) groups excluding carboxylic acids is 4. The highest BCUT2D eigenvalue weighted by atomic mass is 16.3. The number of phenolic OH excluding ortho intramolecular Hbond substituents is 4. The average Bonchev–Trinajstić information content (AvgIpc) is 3.27. The molecule has 4 bridgehead atoms. The number of allylic oxidation sites excluding steroid dienone is 2. The zero-order valence-corrected chi connectivity index (χ0v) is 21.8. The molecular weight excluding hydrogens is 552 g/mol. The number of aryl methyl sites for hydroxylation is 2. The summed E-state index contributed by atoms with van der Waals surface area (Å²) in [5.41, 5.74) is -8.66. The number of carbonyl (C=O) groups is 4. The fourth-order valence-electron chi connectivity index (χ4n) is 9.59. The molecule has 2 aromatic carbocycles. The third kappa shape index (κ3) is 2.03. The van der Waals surface area contributed by atoms with Crippen molar-refractivity contribution in [2.75, 3.05) is 0 Å². The van der Waals surface area contributed by atoms with Crippen LogP contribution in [-0.4, -0.2) is 76.2 Å². The van der Waals surface area contributed by atoms with E-state index in [1.165, 1.54) is 13.8 Å². The minimum absolute atomic E-state index is 0.0181. The van der Waals surface area contributed by atoms with Crippen LogP contribution in [-0.2, 0) is 9.59 Å². The zero-order valence-electron chi connectivity index (χ0n) is 21.8. The predicted octanol–water partition coefficient (Wildman–Crippen LogP) is 1.11. The van der Waals surface area contributed by atoms with E-state index in [1.54, 1.807) is 0 Å². The molecule has 0 aliphatic heterocycles. The monoisotopic (exact) mass is 574 g/mol. The van der Waals surface area contributed by atoms with Crippen LogP contribution in [0.25, 0.3) is 11.5 Å². The third-order valence-corrected chi connectivity index (χ3v) is 10.8. The molecule has 8 atom stereocenters. The number of fused-ring (bicyclic) bond motifs is 4. The van der Waals surface area contributed by atoms with Crippen LogP contribution in [0.4, 0.5) is 0 Å². The fourth-order valence-corrected chi connectivity index (χ4v) is 9.59. The second kappa shape index (κ2) is 6.85. The van der Waals surface area contributed by atoms with Gasteiger partial charge in [-0.1, -0.05) is 0 Å². The van der Waals surface area contributed by atoms with Crippen molar-refractivity contribution in [2.45, 2.75) is 26.1 Å². The van der Waals surface area contributed by atoms with E-state index >= 15 is 0 Å². The van der Waals surface area contributed by atoms with Gasteiger partial charge in [-0.2, -0.15) is 0 Å². The van der Waals surface area contributed by atoms with E-state index in [0.29, 0.717) is 0 Å². The molecule has 42 heavy (non-hydrogen) atoms. The first-order valence-electron chi connectivity index (χ1n) is 13.2. The van der Waals surface area contributed by atoms with Gasteiger partial charge in [-0.3, -0.25) is 19.2 Å². The molecule has 12 nitrogen and oxygen atoms in total. The number of aliphatic hydroxyl groups excluding tert-OH is 4. The molecular formula is C30H22O12.